The van der Waals surface area contributed by atoms with Crippen molar-refractivity contribution in [1.82, 2.24) is 9.78 Å². The number of aryl methyl sites for hydroxylation is 3. The summed E-state index contributed by atoms with van der Waals surface area (Å²) in [6.07, 6.45) is 0. The van der Waals surface area contributed by atoms with Crippen LogP contribution in [-0.4, -0.2) is 22.3 Å². The summed E-state index contributed by atoms with van der Waals surface area (Å²) in [6.45, 7) is 6.52. The summed E-state index contributed by atoms with van der Waals surface area (Å²) in [5, 5.41) is 7.08. The van der Waals surface area contributed by atoms with E-state index in [1.165, 1.54) is 0 Å². The quantitative estimate of drug-likeness (QED) is 0.910. The Morgan fingerprint density at radius 1 is 1.35 bits per heavy atom. The molecule has 0 saturated heterocycles. The maximum atomic E-state index is 11.9. The zero-order valence-corrected chi connectivity index (χ0v) is 12.0. The van der Waals surface area contributed by atoms with Crippen molar-refractivity contribution in [2.45, 2.75) is 27.3 Å². The van der Waals surface area contributed by atoms with Crippen molar-refractivity contribution >= 4 is 11.7 Å². The number of benzene rings is 1. The van der Waals surface area contributed by atoms with E-state index in [-0.39, 0.29) is 12.5 Å². The minimum atomic E-state index is -0.192. The Balaban J connectivity index is 1.94. The summed E-state index contributed by atoms with van der Waals surface area (Å²) in [5.41, 5.74) is 1.89. The molecule has 0 bridgehead atoms. The number of anilines is 1. The summed E-state index contributed by atoms with van der Waals surface area (Å²) in [7, 11) is 0. The summed E-state index contributed by atoms with van der Waals surface area (Å²) in [4.78, 5) is 11.9. The third-order valence-electron chi connectivity index (χ3n) is 2.92. The van der Waals surface area contributed by atoms with Gasteiger partial charge in [-0.2, -0.15) is 5.10 Å². The van der Waals surface area contributed by atoms with E-state index in [1.807, 2.05) is 51.1 Å². The molecule has 1 amide bonds. The molecule has 0 aliphatic carbocycles. The van der Waals surface area contributed by atoms with E-state index in [4.69, 9.17) is 4.74 Å². The number of aromatic nitrogens is 2. The average molecular weight is 273 g/mol. The Hall–Kier alpha value is -2.30. The van der Waals surface area contributed by atoms with Gasteiger partial charge in [0.15, 0.2) is 6.61 Å². The molecule has 1 N–H and O–H groups in total. The van der Waals surface area contributed by atoms with Crippen LogP contribution in [0, 0.1) is 13.8 Å². The van der Waals surface area contributed by atoms with Crippen LogP contribution in [0.2, 0.25) is 0 Å². The first kappa shape index (κ1) is 14.1. The predicted octanol–water partition coefficient (Wildman–Crippen LogP) is 2.54. The van der Waals surface area contributed by atoms with Gasteiger partial charge >= 0.3 is 0 Å². The monoisotopic (exact) mass is 273 g/mol. The minimum absolute atomic E-state index is 0.0151. The Morgan fingerprint density at radius 3 is 2.80 bits per heavy atom. The van der Waals surface area contributed by atoms with E-state index >= 15 is 0 Å². The molecule has 1 aromatic carbocycles. The van der Waals surface area contributed by atoms with Gasteiger partial charge in [-0.1, -0.05) is 18.2 Å². The molecule has 20 heavy (non-hydrogen) atoms. The zero-order chi connectivity index (χ0) is 14.5. The van der Waals surface area contributed by atoms with Crippen LogP contribution >= 0.6 is 0 Å². The highest BCUT2D eigenvalue weighted by molar-refractivity contribution is 5.91. The van der Waals surface area contributed by atoms with E-state index in [0.717, 1.165) is 17.0 Å². The van der Waals surface area contributed by atoms with Crippen molar-refractivity contribution in [2.75, 3.05) is 11.9 Å². The van der Waals surface area contributed by atoms with Gasteiger partial charge < -0.3 is 10.1 Å². The summed E-state index contributed by atoms with van der Waals surface area (Å²) in [5.74, 6) is 1.23. The molecule has 0 radical (unpaired) electrons. The first-order chi connectivity index (χ1) is 9.60. The fourth-order valence-electron chi connectivity index (χ4n) is 1.93. The lowest BCUT2D eigenvalue weighted by molar-refractivity contribution is -0.118. The van der Waals surface area contributed by atoms with Gasteiger partial charge in [0.2, 0.25) is 0 Å². The van der Waals surface area contributed by atoms with Crippen LogP contribution in [0.1, 0.15) is 18.2 Å². The van der Waals surface area contributed by atoms with E-state index in [2.05, 4.69) is 10.4 Å². The molecule has 1 heterocycles. The third-order valence-corrected chi connectivity index (χ3v) is 2.92. The second kappa shape index (κ2) is 6.23. The molecule has 0 atom stereocenters. The topological polar surface area (TPSA) is 56.2 Å². The highest BCUT2D eigenvalue weighted by atomic mass is 16.5. The van der Waals surface area contributed by atoms with Gasteiger partial charge in [0, 0.05) is 12.6 Å². The molecule has 0 aliphatic rings. The van der Waals surface area contributed by atoms with Gasteiger partial charge in [-0.15, -0.1) is 0 Å². The second-order valence-electron chi connectivity index (χ2n) is 4.59. The average Bonchev–Trinajstić information content (AvgIpc) is 2.78. The number of hydrogen-bond acceptors (Lipinski definition) is 3. The van der Waals surface area contributed by atoms with Crippen molar-refractivity contribution in [3.8, 4) is 5.75 Å². The molecule has 5 heteroatoms. The third kappa shape index (κ3) is 3.38. The molecule has 1 aromatic heterocycles. The van der Waals surface area contributed by atoms with Crippen LogP contribution < -0.4 is 10.1 Å². The molecule has 2 aromatic rings. The van der Waals surface area contributed by atoms with Crippen molar-refractivity contribution in [3.05, 3.63) is 41.6 Å². The summed E-state index contributed by atoms with van der Waals surface area (Å²) >= 11 is 0. The first-order valence-electron chi connectivity index (χ1n) is 6.63. The highest BCUT2D eigenvalue weighted by Crippen LogP contribution is 2.16. The molecule has 0 fully saturated rings. The Bertz CT molecular complexity index is 605. The number of ether oxygens (including phenoxy) is 1. The van der Waals surface area contributed by atoms with Crippen LogP contribution in [0.3, 0.4) is 0 Å². The van der Waals surface area contributed by atoms with Gasteiger partial charge in [0.1, 0.15) is 11.6 Å². The number of carbonyl (C=O) groups excluding carboxylic acids is 1. The zero-order valence-electron chi connectivity index (χ0n) is 12.0. The number of para-hydroxylation sites is 1. The molecule has 2 rings (SSSR count). The molecule has 0 saturated carbocycles. The second-order valence-corrected chi connectivity index (χ2v) is 4.59. The number of hydrogen-bond donors (Lipinski definition) is 1. The Kier molecular flexibility index (Phi) is 4.40. The molecule has 106 valence electrons. The number of nitrogens with zero attached hydrogens (tertiary/aromatic N) is 2. The normalized spacial score (nSPS) is 10.3. The van der Waals surface area contributed by atoms with E-state index in [1.54, 1.807) is 4.68 Å². The fourth-order valence-corrected chi connectivity index (χ4v) is 1.93. The van der Waals surface area contributed by atoms with E-state index in [0.29, 0.717) is 12.4 Å². The Labute approximate surface area is 118 Å². The van der Waals surface area contributed by atoms with Gasteiger partial charge in [-0.25, -0.2) is 4.68 Å². The lowest BCUT2D eigenvalue weighted by Gasteiger charge is -2.10. The molecule has 0 aliphatic heterocycles. The lowest BCUT2D eigenvalue weighted by atomic mass is 10.2. The van der Waals surface area contributed by atoms with Crippen LogP contribution in [0.25, 0.3) is 0 Å². The van der Waals surface area contributed by atoms with Crippen molar-refractivity contribution < 1.29 is 9.53 Å². The summed E-state index contributed by atoms with van der Waals surface area (Å²) < 4.78 is 7.26. The van der Waals surface area contributed by atoms with Crippen LogP contribution in [0.5, 0.6) is 5.75 Å². The number of nitrogens with one attached hydrogen (secondary N) is 1. The van der Waals surface area contributed by atoms with Gasteiger partial charge in [0.05, 0.1) is 5.69 Å². The molecule has 0 spiro atoms. The predicted molar refractivity (Wildman–Crippen MR) is 77.9 cm³/mol. The van der Waals surface area contributed by atoms with Gasteiger partial charge in [-0.05, 0) is 32.4 Å². The minimum Gasteiger partial charge on any atom is -0.483 e. The van der Waals surface area contributed by atoms with Crippen molar-refractivity contribution in [3.63, 3.8) is 0 Å². The maximum absolute atomic E-state index is 11.9. The molecular weight excluding hydrogens is 254 g/mol. The lowest BCUT2D eigenvalue weighted by Crippen LogP contribution is -2.22. The Morgan fingerprint density at radius 2 is 2.10 bits per heavy atom. The number of rotatable bonds is 5. The van der Waals surface area contributed by atoms with Crippen molar-refractivity contribution in [1.29, 1.82) is 0 Å². The van der Waals surface area contributed by atoms with E-state index in [9.17, 15) is 4.79 Å². The van der Waals surface area contributed by atoms with Crippen LogP contribution in [0.15, 0.2) is 30.3 Å². The van der Waals surface area contributed by atoms with Crippen LogP contribution in [0.4, 0.5) is 5.82 Å². The SMILES string of the molecule is CCn1nc(C)cc1NC(=O)COc1ccccc1C. The largest absolute Gasteiger partial charge is 0.483 e. The standard InChI is InChI=1S/C15H19N3O2/c1-4-18-14(9-12(3)17-18)16-15(19)10-20-13-8-6-5-7-11(13)2/h5-9H,4,10H2,1-3H3,(H,16,19). The van der Waals surface area contributed by atoms with Crippen molar-refractivity contribution in [2.24, 2.45) is 0 Å². The summed E-state index contributed by atoms with van der Waals surface area (Å²) in [6, 6.07) is 9.46. The van der Waals surface area contributed by atoms with Gasteiger partial charge in [-0.3, -0.25) is 4.79 Å². The van der Waals surface area contributed by atoms with Gasteiger partial charge in [0.25, 0.3) is 5.91 Å². The van der Waals surface area contributed by atoms with E-state index < -0.39 is 0 Å². The number of carbonyl (C=O) groups is 1. The molecular formula is C15H19N3O2. The maximum Gasteiger partial charge on any atom is 0.263 e. The fraction of sp³-hybridized carbons (Fsp3) is 0.333. The molecule has 5 nitrogen and oxygen atoms in total. The van der Waals surface area contributed by atoms with Crippen LogP contribution in [-0.2, 0) is 11.3 Å². The number of amides is 1. The first-order valence-corrected chi connectivity index (χ1v) is 6.63. The molecule has 0 unspecified atom stereocenters. The highest BCUT2D eigenvalue weighted by Gasteiger charge is 2.09. The smallest absolute Gasteiger partial charge is 0.263 e.